The van der Waals surface area contributed by atoms with Crippen molar-refractivity contribution in [2.24, 2.45) is 0 Å². The Morgan fingerprint density at radius 3 is 1.49 bits per heavy atom. The lowest BCUT2D eigenvalue weighted by Gasteiger charge is -2.16. The molecule has 0 aliphatic heterocycles. The van der Waals surface area contributed by atoms with Crippen LogP contribution < -0.4 is 30.0 Å². The van der Waals surface area contributed by atoms with Gasteiger partial charge >= 0.3 is 5.97 Å². The second-order valence-corrected chi connectivity index (χ2v) is 15.6. The zero-order valence-corrected chi connectivity index (χ0v) is 38.5. The molecule has 2 aromatic heterocycles. The summed E-state index contributed by atoms with van der Waals surface area (Å²) in [5.41, 5.74) is 10.3. The molecule has 11 nitrogen and oxygen atoms in total. The van der Waals surface area contributed by atoms with Crippen molar-refractivity contribution in [1.82, 2.24) is 9.97 Å². The number of nitrogens with two attached hydrogens (primary N) is 1. The van der Waals surface area contributed by atoms with Crippen molar-refractivity contribution in [2.45, 2.75) is 52.4 Å². The number of nitrogen functional groups attached to an aromatic ring is 1. The summed E-state index contributed by atoms with van der Waals surface area (Å²) in [6.07, 6.45) is 6.72. The van der Waals surface area contributed by atoms with Gasteiger partial charge in [-0.25, -0.2) is 0 Å². The van der Waals surface area contributed by atoms with E-state index in [1.54, 1.807) is 87.5 Å². The largest absolute Gasteiger partial charge is 0.496 e. The molecule has 0 spiro atoms. The van der Waals surface area contributed by atoms with E-state index < -0.39 is 13.1 Å². The van der Waals surface area contributed by atoms with Crippen LogP contribution in [-0.2, 0) is 22.4 Å². The Labute approximate surface area is 388 Å². The molecule has 0 saturated carbocycles. The maximum Gasteiger partial charge on any atom is 0.307 e. The fourth-order valence-electron chi connectivity index (χ4n) is 5.67. The molecule has 4 aromatic carbocycles. The van der Waals surface area contributed by atoms with E-state index in [0.29, 0.717) is 60.4 Å². The van der Waals surface area contributed by atoms with Gasteiger partial charge in [0.2, 0.25) is 5.91 Å². The summed E-state index contributed by atoms with van der Waals surface area (Å²) in [6, 6.07) is 24.7. The van der Waals surface area contributed by atoms with Crippen molar-refractivity contribution in [3.8, 4) is 34.5 Å². The molecule has 1 amide bonds. The molecular formula is C47H49Cl4FN4O7. The molecule has 0 unspecified atom stereocenters. The molecule has 0 bridgehead atoms. The van der Waals surface area contributed by atoms with Gasteiger partial charge in [-0.1, -0.05) is 86.2 Å². The summed E-state index contributed by atoms with van der Waals surface area (Å²) >= 11 is 25.1. The normalized spacial score (nSPS) is 10.5. The van der Waals surface area contributed by atoms with Crippen molar-refractivity contribution < 1.29 is 39.4 Å². The van der Waals surface area contributed by atoms with E-state index in [1.807, 2.05) is 36.4 Å². The molecule has 0 atom stereocenters. The number of alkyl halides is 1. The maximum atomic E-state index is 12.3. The van der Waals surface area contributed by atoms with E-state index in [1.165, 1.54) is 0 Å². The van der Waals surface area contributed by atoms with E-state index in [-0.39, 0.29) is 24.7 Å². The Morgan fingerprint density at radius 1 is 0.714 bits per heavy atom. The topological polar surface area (TPSA) is 155 Å². The zero-order chi connectivity index (χ0) is 47.3. The van der Waals surface area contributed by atoms with E-state index in [9.17, 15) is 14.0 Å². The number of halogens is 5. The van der Waals surface area contributed by atoms with Gasteiger partial charge in [-0.3, -0.25) is 23.9 Å². The van der Waals surface area contributed by atoms with E-state index in [2.05, 4.69) is 43.0 Å². The number of nitrogens with one attached hydrogen (secondary N) is 1. The monoisotopic (exact) mass is 941 g/mol. The molecule has 16 heteroatoms. The molecule has 0 aliphatic rings. The van der Waals surface area contributed by atoms with Crippen molar-refractivity contribution in [2.75, 3.05) is 32.4 Å². The molecule has 334 valence electrons. The number of methoxy groups -OCH3 is 2. The van der Waals surface area contributed by atoms with Crippen molar-refractivity contribution in [1.29, 1.82) is 0 Å². The van der Waals surface area contributed by atoms with E-state index in [4.69, 9.17) is 77.6 Å². The highest BCUT2D eigenvalue weighted by molar-refractivity contribution is 6.38. The number of pyridine rings is 2. The van der Waals surface area contributed by atoms with Crippen LogP contribution in [0.3, 0.4) is 0 Å². The van der Waals surface area contributed by atoms with Gasteiger partial charge < -0.3 is 35.1 Å². The number of aromatic nitrogens is 2. The highest BCUT2D eigenvalue weighted by Gasteiger charge is 2.16. The number of benzene rings is 4. The van der Waals surface area contributed by atoms with Gasteiger partial charge in [-0.2, -0.15) is 0 Å². The molecular weight excluding hydrogens is 893 g/mol. The fraction of sp³-hybridized carbons (Fsp3) is 0.234. The number of carbonyl (C=O) groups excluding carboxylic acids is 1. The highest BCUT2D eigenvalue weighted by Crippen LogP contribution is 2.42. The van der Waals surface area contributed by atoms with Gasteiger partial charge in [0.05, 0.1) is 55.7 Å². The maximum absolute atomic E-state index is 12.3. The Morgan fingerprint density at radius 2 is 1.13 bits per heavy atom. The summed E-state index contributed by atoms with van der Waals surface area (Å²) in [6.45, 7) is 8.32. The lowest BCUT2D eigenvalue weighted by Crippen LogP contribution is -2.14. The predicted octanol–water partition coefficient (Wildman–Crippen LogP) is 13.3. The van der Waals surface area contributed by atoms with Crippen LogP contribution in [0, 0.1) is 0 Å². The van der Waals surface area contributed by atoms with Crippen molar-refractivity contribution >= 4 is 69.7 Å². The number of hydrogen-bond donors (Lipinski definition) is 3. The number of anilines is 2. The summed E-state index contributed by atoms with van der Waals surface area (Å²) in [7, 11) is 2.28. The summed E-state index contributed by atoms with van der Waals surface area (Å²) < 4.78 is 38.0. The highest BCUT2D eigenvalue weighted by atomic mass is 35.5. The number of carbonyl (C=O) groups is 2. The number of ether oxygens (including phenoxy) is 4. The Hall–Kier alpha value is -5.79. The average Bonchev–Trinajstić information content (AvgIpc) is 3.24. The number of nitrogens with zero attached hydrogens (tertiary/aromatic N) is 2. The molecule has 0 fully saturated rings. The molecule has 2 heterocycles. The first-order valence-electron chi connectivity index (χ1n) is 19.8. The van der Waals surface area contributed by atoms with Gasteiger partial charge in [0, 0.05) is 47.3 Å². The van der Waals surface area contributed by atoms with Gasteiger partial charge in [0.1, 0.15) is 23.0 Å². The van der Waals surface area contributed by atoms with Crippen LogP contribution in [0.15, 0.2) is 110 Å². The molecule has 63 heavy (non-hydrogen) atoms. The fourth-order valence-corrected chi connectivity index (χ4v) is 6.81. The Kier molecular flexibility index (Phi) is 20.6. The molecule has 0 aliphatic carbocycles. The minimum atomic E-state index is -1.00. The number of carboxylic acids is 1. The van der Waals surface area contributed by atoms with Crippen LogP contribution in [0.2, 0.25) is 20.1 Å². The quantitative estimate of drug-likeness (QED) is 0.0953. The summed E-state index contributed by atoms with van der Waals surface area (Å²) in [5, 5.41) is 12.5. The smallest absolute Gasteiger partial charge is 0.307 e. The third-order valence-corrected chi connectivity index (χ3v) is 9.68. The standard InChI is InChI=1S/C23H22Cl2N2O3.C16H17Cl2NO2.C7H7NO2.CH3F/c1-14(2)18-12-17(6-7-21(18)29-3)30-23-19(24)10-16(11-20(23)25)27-22(28)9-15-5-4-8-26-13-15;1-9(2)12-8-11(4-5-15(12)20-3)21-16-13(17)6-10(19)7-14(16)18;9-7(10)4-6-2-1-3-8-5-6;1-2/h4-8,10-14H,9H2,1-3H3,(H,27,28);4-9H,19H2,1-3H3;1-3,5H,4H2,(H,9,10);1H3/i;;;1D. The van der Waals surface area contributed by atoms with Gasteiger partial charge in [-0.05, 0) is 95.8 Å². The van der Waals surface area contributed by atoms with E-state index >= 15 is 0 Å². The Balaban J connectivity index is 0.000000276. The van der Waals surface area contributed by atoms with Gasteiger partial charge in [-0.15, -0.1) is 0 Å². The second-order valence-electron chi connectivity index (χ2n) is 13.9. The number of aliphatic carboxylic acids is 1. The van der Waals surface area contributed by atoms with Crippen LogP contribution in [0.4, 0.5) is 15.8 Å². The lowest BCUT2D eigenvalue weighted by molar-refractivity contribution is -0.136. The molecule has 6 rings (SSSR count). The Bertz CT molecular complexity index is 2390. The molecule has 4 N–H and O–H groups in total. The summed E-state index contributed by atoms with van der Waals surface area (Å²) in [4.78, 5) is 30.2. The van der Waals surface area contributed by atoms with Crippen LogP contribution in [0.1, 0.15) is 63.2 Å². The molecule has 0 radical (unpaired) electrons. The van der Waals surface area contributed by atoms with Crippen molar-refractivity contribution in [3.63, 3.8) is 0 Å². The van der Waals surface area contributed by atoms with E-state index in [0.717, 1.165) is 33.8 Å². The molecule has 0 saturated heterocycles. The first kappa shape index (κ1) is 49.9. The van der Waals surface area contributed by atoms with Crippen molar-refractivity contribution in [3.05, 3.63) is 152 Å². The minimum Gasteiger partial charge on any atom is -0.496 e. The van der Waals surface area contributed by atoms with Crippen LogP contribution in [-0.4, -0.2) is 48.3 Å². The predicted molar refractivity (Wildman–Crippen MR) is 251 cm³/mol. The first-order valence-corrected chi connectivity index (χ1v) is 20.6. The number of amides is 1. The number of rotatable bonds is 13. The second kappa shape index (κ2) is 26.0. The van der Waals surface area contributed by atoms with Crippen LogP contribution >= 0.6 is 46.4 Å². The van der Waals surface area contributed by atoms with Gasteiger partial charge in [0.25, 0.3) is 0 Å². The number of hydrogen-bond acceptors (Lipinski definition) is 9. The minimum absolute atomic E-state index is 0.0494. The average molecular weight is 944 g/mol. The van der Waals surface area contributed by atoms with Crippen LogP contribution in [0.5, 0.6) is 34.5 Å². The SMILES string of the molecule is COc1ccc(Oc2c(Cl)cc(N)cc2Cl)cc1C(C)C.COc1ccc(Oc2c(Cl)cc(NC(=O)Cc3cccnc3)cc2Cl)cc1C(C)C.O=C(O)Cc1cccnc1.[2H]CF. The third-order valence-electron chi connectivity index (χ3n) is 8.55. The lowest BCUT2D eigenvalue weighted by atomic mass is 10.0. The first-order chi connectivity index (χ1) is 30.5. The molecule has 6 aromatic rings. The number of carboxylic acid groups (broad SMARTS) is 1. The van der Waals surface area contributed by atoms with Crippen LogP contribution in [0.25, 0.3) is 0 Å². The summed E-state index contributed by atoms with van der Waals surface area (Å²) in [5.74, 6) is 3.12. The third kappa shape index (κ3) is 16.4. The zero-order valence-electron chi connectivity index (χ0n) is 36.4. The van der Waals surface area contributed by atoms with Gasteiger partial charge in [0.15, 0.2) is 11.5 Å².